The highest BCUT2D eigenvalue weighted by molar-refractivity contribution is 5.80. The Morgan fingerprint density at radius 1 is 1.58 bits per heavy atom. The first-order valence-corrected chi connectivity index (χ1v) is 4.41. The smallest absolute Gasteiger partial charge is 0.325 e. The van der Waals surface area contributed by atoms with Crippen molar-refractivity contribution in [3.8, 4) is 0 Å². The van der Waals surface area contributed by atoms with Gasteiger partial charge < -0.3 is 10.8 Å². The number of carboxylic acid groups (broad SMARTS) is 1. The average molecular weight is 170 g/mol. The third-order valence-corrected chi connectivity index (χ3v) is 3.17. The highest BCUT2D eigenvalue weighted by atomic mass is 16.4. The molecule has 2 heterocycles. The zero-order valence-corrected chi connectivity index (χ0v) is 6.99. The van der Waals surface area contributed by atoms with E-state index in [0.717, 1.165) is 25.9 Å². The zero-order chi connectivity index (χ0) is 8.77. The van der Waals surface area contributed by atoms with Crippen LogP contribution in [0.25, 0.3) is 0 Å². The van der Waals surface area contributed by atoms with Gasteiger partial charge in [0, 0.05) is 12.6 Å². The molecule has 0 amide bonds. The van der Waals surface area contributed by atoms with Crippen LogP contribution >= 0.6 is 0 Å². The van der Waals surface area contributed by atoms with Crippen molar-refractivity contribution in [2.45, 2.75) is 30.8 Å². The molecule has 4 nitrogen and oxygen atoms in total. The van der Waals surface area contributed by atoms with E-state index >= 15 is 0 Å². The van der Waals surface area contributed by atoms with Gasteiger partial charge in [-0.05, 0) is 25.8 Å². The second-order valence-corrected chi connectivity index (χ2v) is 3.79. The molecule has 2 rings (SSSR count). The molecule has 2 fully saturated rings. The average Bonchev–Trinajstić information content (AvgIpc) is 2.54. The van der Waals surface area contributed by atoms with Crippen molar-refractivity contribution in [3.63, 3.8) is 0 Å². The quantitative estimate of drug-likeness (QED) is 0.564. The molecule has 4 heteroatoms. The lowest BCUT2D eigenvalue weighted by molar-refractivity contribution is -0.144. The van der Waals surface area contributed by atoms with E-state index in [0.29, 0.717) is 6.42 Å². The minimum Gasteiger partial charge on any atom is -0.480 e. The highest BCUT2D eigenvalue weighted by Crippen LogP contribution is 2.34. The molecule has 12 heavy (non-hydrogen) atoms. The van der Waals surface area contributed by atoms with Crippen molar-refractivity contribution in [1.82, 2.24) is 4.90 Å². The number of fused-ring (bicyclic) bond motifs is 1. The Morgan fingerprint density at radius 3 is 3.00 bits per heavy atom. The third-order valence-electron chi connectivity index (χ3n) is 3.17. The fraction of sp³-hybridized carbons (Fsp3) is 0.875. The van der Waals surface area contributed by atoms with E-state index in [1.165, 1.54) is 0 Å². The van der Waals surface area contributed by atoms with Gasteiger partial charge in [-0.1, -0.05) is 0 Å². The minimum atomic E-state index is -0.962. The molecule has 0 aromatic carbocycles. The molecule has 68 valence electrons. The van der Waals surface area contributed by atoms with Gasteiger partial charge in [0.05, 0.1) is 0 Å². The second kappa shape index (κ2) is 2.44. The fourth-order valence-electron chi connectivity index (χ4n) is 2.42. The van der Waals surface area contributed by atoms with Gasteiger partial charge in [-0.3, -0.25) is 9.69 Å². The molecular formula is C8H14N2O2. The van der Waals surface area contributed by atoms with Crippen LogP contribution in [0.1, 0.15) is 19.3 Å². The van der Waals surface area contributed by atoms with E-state index in [1.54, 1.807) is 0 Å². The standard InChI is InChI=1S/C8H14N2O2/c9-8(7(11)12)3-5-10-4-1-2-6(8)10/h6H,1-5,9H2,(H,11,12)/t6-,8+/m1/s1. The third kappa shape index (κ3) is 0.881. The number of carboxylic acids is 1. The van der Waals surface area contributed by atoms with Gasteiger partial charge in [0.2, 0.25) is 0 Å². The fourth-order valence-corrected chi connectivity index (χ4v) is 2.42. The van der Waals surface area contributed by atoms with Gasteiger partial charge in [-0.15, -0.1) is 0 Å². The van der Waals surface area contributed by atoms with Crippen LogP contribution in [-0.4, -0.2) is 40.6 Å². The summed E-state index contributed by atoms with van der Waals surface area (Å²) in [6, 6.07) is 0.0926. The maximum Gasteiger partial charge on any atom is 0.325 e. The van der Waals surface area contributed by atoms with Gasteiger partial charge in [0.15, 0.2) is 0 Å². The number of rotatable bonds is 1. The van der Waals surface area contributed by atoms with Crippen LogP contribution in [0.15, 0.2) is 0 Å². The van der Waals surface area contributed by atoms with Crippen LogP contribution in [0, 0.1) is 0 Å². The number of hydrogen-bond acceptors (Lipinski definition) is 3. The predicted octanol–water partition coefficient (Wildman–Crippen LogP) is -0.363. The number of carbonyl (C=O) groups is 1. The normalized spacial score (nSPS) is 41.6. The van der Waals surface area contributed by atoms with Crippen LogP contribution in [0.2, 0.25) is 0 Å². The summed E-state index contributed by atoms with van der Waals surface area (Å²) in [6.07, 6.45) is 2.65. The van der Waals surface area contributed by atoms with Gasteiger partial charge in [-0.25, -0.2) is 0 Å². The predicted molar refractivity (Wildman–Crippen MR) is 43.8 cm³/mol. The molecule has 0 spiro atoms. The summed E-state index contributed by atoms with van der Waals surface area (Å²) in [7, 11) is 0. The Morgan fingerprint density at radius 2 is 2.33 bits per heavy atom. The van der Waals surface area contributed by atoms with Gasteiger partial charge >= 0.3 is 5.97 Å². The van der Waals surface area contributed by atoms with Crippen LogP contribution in [-0.2, 0) is 4.79 Å². The molecule has 3 N–H and O–H groups in total. The first-order chi connectivity index (χ1) is 5.64. The molecule has 0 aliphatic carbocycles. The first kappa shape index (κ1) is 8.01. The van der Waals surface area contributed by atoms with Crippen LogP contribution in [0.4, 0.5) is 0 Å². The second-order valence-electron chi connectivity index (χ2n) is 3.79. The Labute approximate surface area is 71.3 Å². The van der Waals surface area contributed by atoms with E-state index in [9.17, 15) is 4.79 Å². The largest absolute Gasteiger partial charge is 0.480 e. The summed E-state index contributed by atoms with van der Waals surface area (Å²) in [5.41, 5.74) is 4.88. The number of nitrogens with zero attached hydrogens (tertiary/aromatic N) is 1. The first-order valence-electron chi connectivity index (χ1n) is 4.41. The lowest BCUT2D eigenvalue weighted by Crippen LogP contribution is -2.55. The topological polar surface area (TPSA) is 66.6 Å². The molecule has 2 aliphatic rings. The van der Waals surface area contributed by atoms with E-state index in [4.69, 9.17) is 10.8 Å². The Kier molecular flexibility index (Phi) is 1.63. The summed E-state index contributed by atoms with van der Waals surface area (Å²) in [4.78, 5) is 13.1. The van der Waals surface area contributed by atoms with Gasteiger partial charge in [0.25, 0.3) is 0 Å². The molecule has 2 aliphatic heterocycles. The summed E-state index contributed by atoms with van der Waals surface area (Å²) < 4.78 is 0. The summed E-state index contributed by atoms with van der Waals surface area (Å²) >= 11 is 0. The van der Waals surface area contributed by atoms with Crippen molar-refractivity contribution < 1.29 is 9.90 Å². The van der Waals surface area contributed by atoms with Crippen molar-refractivity contribution in [2.75, 3.05) is 13.1 Å². The maximum absolute atomic E-state index is 10.9. The monoisotopic (exact) mass is 170 g/mol. The van der Waals surface area contributed by atoms with Gasteiger partial charge in [0.1, 0.15) is 5.54 Å². The van der Waals surface area contributed by atoms with Crippen LogP contribution < -0.4 is 5.73 Å². The van der Waals surface area contributed by atoms with E-state index in [-0.39, 0.29) is 6.04 Å². The zero-order valence-electron chi connectivity index (χ0n) is 6.99. The Bertz CT molecular complexity index is 219. The molecule has 0 aromatic heterocycles. The van der Waals surface area contributed by atoms with Crippen molar-refractivity contribution in [1.29, 1.82) is 0 Å². The molecule has 0 saturated carbocycles. The molecule has 2 saturated heterocycles. The van der Waals surface area contributed by atoms with E-state index < -0.39 is 11.5 Å². The highest BCUT2D eigenvalue weighted by Gasteiger charge is 2.51. The summed E-state index contributed by atoms with van der Waals surface area (Å²) in [6.45, 7) is 1.88. The van der Waals surface area contributed by atoms with Crippen molar-refractivity contribution >= 4 is 5.97 Å². The minimum absolute atomic E-state index is 0.0926. The molecule has 0 radical (unpaired) electrons. The molecule has 0 unspecified atom stereocenters. The van der Waals surface area contributed by atoms with Crippen molar-refractivity contribution in [3.05, 3.63) is 0 Å². The Balaban J connectivity index is 2.22. The van der Waals surface area contributed by atoms with Crippen LogP contribution in [0.3, 0.4) is 0 Å². The number of nitrogens with two attached hydrogens (primary N) is 1. The SMILES string of the molecule is N[C@@]1(C(=O)O)CCN2CCC[C@@H]21. The lowest BCUT2D eigenvalue weighted by atomic mass is 9.90. The number of aliphatic carboxylic acids is 1. The van der Waals surface area contributed by atoms with Crippen molar-refractivity contribution in [2.24, 2.45) is 5.73 Å². The van der Waals surface area contributed by atoms with E-state index in [2.05, 4.69) is 4.90 Å². The molecule has 0 aromatic rings. The molecule has 0 bridgehead atoms. The summed E-state index contributed by atoms with van der Waals surface area (Å²) in [5, 5.41) is 8.97. The molecular weight excluding hydrogens is 156 g/mol. The number of hydrogen-bond donors (Lipinski definition) is 2. The maximum atomic E-state index is 10.9. The molecule has 2 atom stereocenters. The lowest BCUT2D eigenvalue weighted by Gasteiger charge is -2.26. The Hall–Kier alpha value is -0.610. The van der Waals surface area contributed by atoms with E-state index in [1.807, 2.05) is 0 Å². The van der Waals surface area contributed by atoms with Crippen LogP contribution in [0.5, 0.6) is 0 Å². The summed E-state index contributed by atoms with van der Waals surface area (Å²) in [5.74, 6) is -0.836. The van der Waals surface area contributed by atoms with Gasteiger partial charge in [-0.2, -0.15) is 0 Å².